The van der Waals surface area contributed by atoms with Crippen LogP contribution in [0.5, 0.6) is 0 Å². The van der Waals surface area contributed by atoms with Crippen LogP contribution >= 0.6 is 47.0 Å². The second kappa shape index (κ2) is 33.1. The molecular formula is C50H44Cl4Fe2N8S4. The average Bonchev–Trinajstić information content (AvgIpc) is 4.19. The maximum Gasteiger partial charge on any atom is 2.00 e. The summed E-state index contributed by atoms with van der Waals surface area (Å²) in [6.45, 7) is 2.86. The monoisotopic (exact) mass is 1140 g/mol. The maximum atomic E-state index is 7.32. The Hall–Kier alpha value is -3.56. The standard InChI is InChI=1S/2C23H19N3S2.2C2H3N.4ClH.2Fe/c2*1-3-8-16(9-4-1)20-14-27-22(25-20)18-12-7-13-19(24-18)23-26-21(15-28-23)17-10-5-2-6-11-17;2*1-2-3;;;;;;/h2*1-13,20-21H,14-15H2;2*1H3;4*1H;;/q;;;;;;;;2*+2/p-4/t2*20-,21-;;;;;;;;/m00......../s1. The van der Waals surface area contributed by atoms with E-state index >= 15 is 0 Å². The van der Waals surface area contributed by atoms with Gasteiger partial charge in [0.2, 0.25) is 0 Å². The van der Waals surface area contributed by atoms with Gasteiger partial charge in [-0.2, -0.15) is 10.5 Å². The number of hydrogen-bond acceptors (Lipinski definition) is 12. The van der Waals surface area contributed by atoms with Gasteiger partial charge in [0.15, 0.2) is 0 Å². The fourth-order valence-electron chi connectivity index (χ4n) is 6.79. The quantitative estimate of drug-likeness (QED) is 0.198. The molecule has 0 bridgehead atoms. The van der Waals surface area contributed by atoms with Crippen LogP contribution in [0.2, 0.25) is 0 Å². The number of halogens is 4. The van der Waals surface area contributed by atoms with Crippen molar-refractivity contribution in [2.75, 3.05) is 23.0 Å². The maximum absolute atomic E-state index is 7.32. The number of aliphatic imine (C=N–C) groups is 4. The van der Waals surface area contributed by atoms with Crippen LogP contribution in [-0.4, -0.2) is 53.2 Å². The Morgan fingerprint density at radius 3 is 0.735 bits per heavy atom. The van der Waals surface area contributed by atoms with E-state index < -0.39 is 0 Å². The third-order valence-corrected chi connectivity index (χ3v) is 14.0. The van der Waals surface area contributed by atoms with Crippen molar-refractivity contribution in [3.05, 3.63) is 203 Å². The molecule has 0 radical (unpaired) electrons. The summed E-state index contributed by atoms with van der Waals surface area (Å²) < 4.78 is 0. The molecule has 0 aliphatic carbocycles. The first-order valence-corrected chi connectivity index (χ1v) is 24.1. The van der Waals surface area contributed by atoms with Crippen molar-refractivity contribution in [3.8, 4) is 12.1 Å². The summed E-state index contributed by atoms with van der Waals surface area (Å²) in [4.78, 5) is 29.5. The smallest absolute Gasteiger partial charge is 1.00 e. The number of nitriles is 2. The second-order valence-electron chi connectivity index (χ2n) is 14.0. The van der Waals surface area contributed by atoms with Gasteiger partial charge in [-0.1, -0.05) is 133 Å². The molecule has 4 aliphatic rings. The molecule has 10 rings (SSSR count). The molecule has 4 atom stereocenters. The minimum absolute atomic E-state index is 0. The molecule has 0 saturated carbocycles. The van der Waals surface area contributed by atoms with E-state index in [1.807, 2.05) is 24.3 Å². The van der Waals surface area contributed by atoms with Crippen molar-refractivity contribution in [3.63, 3.8) is 0 Å². The number of nitrogens with zero attached hydrogens (tertiary/aromatic N) is 8. The number of pyridine rings is 2. The summed E-state index contributed by atoms with van der Waals surface area (Å²) >= 11 is 7.15. The summed E-state index contributed by atoms with van der Waals surface area (Å²) in [6.07, 6.45) is 0. The summed E-state index contributed by atoms with van der Waals surface area (Å²) in [5.74, 6) is 3.88. The first kappa shape index (κ1) is 62.5. The van der Waals surface area contributed by atoms with Crippen LogP contribution in [0, 0.1) is 22.7 Å². The number of aromatic nitrogens is 2. The Labute approximate surface area is 463 Å². The fraction of sp³-hybridized carbons (Fsp3) is 0.200. The summed E-state index contributed by atoms with van der Waals surface area (Å²) in [7, 11) is 0. The van der Waals surface area contributed by atoms with Crippen LogP contribution in [0.15, 0.2) is 178 Å². The molecule has 352 valence electrons. The van der Waals surface area contributed by atoms with Crippen LogP contribution in [-0.2, 0) is 34.1 Å². The normalized spacial score (nSPS) is 17.9. The van der Waals surface area contributed by atoms with Gasteiger partial charge in [-0.15, -0.1) is 47.0 Å². The average molecular weight is 1140 g/mol. The topological polar surface area (TPSA) is 123 Å². The fourth-order valence-corrected chi connectivity index (χ4v) is 11.0. The van der Waals surface area contributed by atoms with Gasteiger partial charge in [-0.3, -0.25) is 20.0 Å². The van der Waals surface area contributed by atoms with E-state index in [0.29, 0.717) is 0 Å². The molecule has 0 fully saturated rings. The van der Waals surface area contributed by atoms with Gasteiger partial charge in [0.1, 0.15) is 20.2 Å². The number of thioether (sulfide) groups is 4. The molecule has 18 heteroatoms. The van der Waals surface area contributed by atoms with Crippen molar-refractivity contribution in [2.45, 2.75) is 38.0 Å². The number of benzene rings is 4. The SMILES string of the molecule is CC#N.CC#N.[Cl-].[Cl-].[Cl-].[Cl-].[Fe+2].[Fe+2].c1ccc([C@@H]2CSC(c3cccc(C4=N[C@H](c5ccccc5)CS4)n3)=N2)cc1.c1ccc([C@@H]2CSC(c3cccc(C4=N[C@H](c5ccccc5)CS4)n3)=N2)cc1. The van der Waals surface area contributed by atoms with E-state index in [0.717, 1.165) is 66.0 Å². The van der Waals surface area contributed by atoms with Crippen LogP contribution in [0.1, 0.15) is 83.0 Å². The minimum atomic E-state index is 0. The molecule has 0 unspecified atom stereocenters. The third-order valence-electron chi connectivity index (χ3n) is 9.72. The van der Waals surface area contributed by atoms with Crippen molar-refractivity contribution >= 4 is 67.2 Å². The Morgan fingerprint density at radius 1 is 0.353 bits per heavy atom. The van der Waals surface area contributed by atoms with Crippen molar-refractivity contribution in [1.29, 1.82) is 10.5 Å². The van der Waals surface area contributed by atoms with Gasteiger partial charge in [0, 0.05) is 36.9 Å². The largest absolute Gasteiger partial charge is 2.00 e. The van der Waals surface area contributed by atoms with E-state index in [4.69, 9.17) is 40.5 Å². The number of hydrogen-bond donors (Lipinski definition) is 0. The summed E-state index contributed by atoms with van der Waals surface area (Å²) in [5, 5.41) is 18.7. The van der Waals surface area contributed by atoms with E-state index in [1.54, 1.807) is 59.2 Å². The molecule has 0 amide bonds. The summed E-state index contributed by atoms with van der Waals surface area (Å²) in [5.41, 5.74) is 8.87. The Morgan fingerprint density at radius 2 is 0.544 bits per heavy atom. The molecule has 68 heavy (non-hydrogen) atoms. The van der Waals surface area contributed by atoms with Gasteiger partial charge in [-0.25, -0.2) is 9.97 Å². The summed E-state index contributed by atoms with van der Waals surface area (Å²) in [6, 6.07) is 58.7. The molecule has 0 N–H and O–H groups in total. The van der Waals surface area contributed by atoms with E-state index in [-0.39, 0.29) is 108 Å². The Kier molecular flexibility index (Phi) is 30.4. The van der Waals surface area contributed by atoms with Gasteiger partial charge < -0.3 is 49.6 Å². The van der Waals surface area contributed by atoms with Crippen LogP contribution in [0.25, 0.3) is 0 Å². The molecule has 6 heterocycles. The zero-order valence-electron chi connectivity index (χ0n) is 36.6. The molecule has 0 spiro atoms. The van der Waals surface area contributed by atoms with Gasteiger partial charge >= 0.3 is 34.1 Å². The third kappa shape index (κ3) is 17.4. The van der Waals surface area contributed by atoms with Crippen molar-refractivity contribution in [2.24, 2.45) is 20.0 Å². The first-order valence-electron chi connectivity index (χ1n) is 20.2. The molecule has 8 nitrogen and oxygen atoms in total. The molecule has 4 aliphatic heterocycles. The van der Waals surface area contributed by atoms with Crippen LogP contribution < -0.4 is 49.6 Å². The zero-order chi connectivity index (χ0) is 42.9. The predicted molar refractivity (Wildman–Crippen MR) is 264 cm³/mol. The van der Waals surface area contributed by atoms with Gasteiger partial charge in [0.25, 0.3) is 0 Å². The van der Waals surface area contributed by atoms with Crippen LogP contribution in [0.3, 0.4) is 0 Å². The second-order valence-corrected chi connectivity index (χ2v) is 18.0. The molecule has 4 aromatic carbocycles. The zero-order valence-corrected chi connectivity index (χ0v) is 45.1. The molecule has 6 aromatic rings. The molecule has 0 saturated heterocycles. The van der Waals surface area contributed by atoms with E-state index in [9.17, 15) is 0 Å². The Bertz CT molecular complexity index is 2300. The Balaban J connectivity index is 0.000000565. The molecule has 2 aromatic heterocycles. The minimum Gasteiger partial charge on any atom is -1.00 e. The first-order chi connectivity index (χ1) is 30.6. The van der Waals surface area contributed by atoms with Crippen LogP contribution in [0.4, 0.5) is 0 Å². The van der Waals surface area contributed by atoms with Crippen molar-refractivity contribution < 1.29 is 83.8 Å². The number of rotatable bonds is 8. The van der Waals surface area contributed by atoms with Gasteiger partial charge in [0.05, 0.1) is 59.1 Å². The van der Waals surface area contributed by atoms with Crippen molar-refractivity contribution in [1.82, 2.24) is 9.97 Å². The van der Waals surface area contributed by atoms with Gasteiger partial charge in [-0.05, 0) is 46.5 Å². The van der Waals surface area contributed by atoms with E-state index in [1.165, 1.54) is 36.1 Å². The molecular weight excluding hydrogens is 1090 g/mol. The predicted octanol–water partition coefficient (Wildman–Crippen LogP) is 0.173. The van der Waals surface area contributed by atoms with E-state index in [2.05, 4.69) is 133 Å².